The van der Waals surface area contributed by atoms with Crippen molar-refractivity contribution in [3.05, 3.63) is 23.8 Å². The number of anilines is 2. The summed E-state index contributed by atoms with van der Waals surface area (Å²) in [6.07, 6.45) is -4.71. The smallest absolute Gasteiger partial charge is 0.370 e. The van der Waals surface area contributed by atoms with Crippen molar-refractivity contribution in [1.82, 2.24) is 4.90 Å². The van der Waals surface area contributed by atoms with Crippen molar-refractivity contribution in [2.24, 2.45) is 17.1 Å². The van der Waals surface area contributed by atoms with Gasteiger partial charge in [-0.3, -0.25) is 14.5 Å². The van der Waals surface area contributed by atoms with Gasteiger partial charge >= 0.3 is 6.18 Å². The number of rotatable bonds is 8. The minimum absolute atomic E-state index is 0.00418. The fourth-order valence-corrected chi connectivity index (χ4v) is 3.88. The molecule has 0 aliphatic carbocycles. The maximum absolute atomic E-state index is 13.8. The second kappa shape index (κ2) is 10.8. The normalized spacial score (nSPS) is 16.5. The largest absolute Gasteiger partial charge is 0.418 e. The zero-order valence-electron chi connectivity index (χ0n) is 20.0. The highest BCUT2D eigenvalue weighted by atomic mass is 19.4. The maximum Gasteiger partial charge on any atom is 0.418 e. The molecule has 1 aliphatic rings. The summed E-state index contributed by atoms with van der Waals surface area (Å²) in [6, 6.07) is 2.75. The van der Waals surface area contributed by atoms with Gasteiger partial charge in [0.25, 0.3) is 5.91 Å². The summed E-state index contributed by atoms with van der Waals surface area (Å²) in [5.74, 6) is -0.736. The first-order valence-corrected chi connectivity index (χ1v) is 11.1. The summed E-state index contributed by atoms with van der Waals surface area (Å²) in [5.41, 5.74) is 4.57. The summed E-state index contributed by atoms with van der Waals surface area (Å²) in [7, 11) is 0. The third kappa shape index (κ3) is 7.68. The molecule has 1 heterocycles. The Hall–Kier alpha value is -2.17. The highest BCUT2D eigenvalue weighted by Crippen LogP contribution is 2.38. The zero-order valence-corrected chi connectivity index (χ0v) is 20.0. The van der Waals surface area contributed by atoms with E-state index in [9.17, 15) is 22.8 Å². The monoisotopic (exact) mass is 472 g/mol. The molecule has 0 unspecified atom stereocenters. The van der Waals surface area contributed by atoms with Crippen LogP contribution in [-0.4, -0.2) is 62.1 Å². The molecule has 0 spiro atoms. The molecule has 1 aliphatic heterocycles. The van der Waals surface area contributed by atoms with E-state index in [1.165, 1.54) is 12.1 Å². The molecule has 0 radical (unpaired) electrons. The number of hydrogen-bond donors (Lipinski definition) is 2. The molecular formula is C23H35F3N4O3. The molecule has 2 rings (SSSR count). The SMILES string of the molecule is CC(C)CN(CC(C)(C)C)[C@@H](CN)C(=O)Nc1ccc(N2CCOCC2=O)c(C(F)(F)F)c1. The molecule has 1 saturated heterocycles. The van der Waals surface area contributed by atoms with Crippen molar-refractivity contribution in [2.45, 2.75) is 46.8 Å². The van der Waals surface area contributed by atoms with Crippen molar-refractivity contribution in [3.63, 3.8) is 0 Å². The van der Waals surface area contributed by atoms with Crippen LogP contribution < -0.4 is 16.0 Å². The van der Waals surface area contributed by atoms with Gasteiger partial charge in [0.15, 0.2) is 0 Å². The predicted octanol–water partition coefficient (Wildman–Crippen LogP) is 3.34. The number of carbonyl (C=O) groups excluding carboxylic acids is 2. The van der Waals surface area contributed by atoms with E-state index in [2.05, 4.69) is 5.32 Å². The van der Waals surface area contributed by atoms with E-state index in [-0.39, 0.29) is 49.0 Å². The number of alkyl halides is 3. The van der Waals surface area contributed by atoms with E-state index in [1.807, 2.05) is 39.5 Å². The van der Waals surface area contributed by atoms with E-state index in [0.29, 0.717) is 13.1 Å². The van der Waals surface area contributed by atoms with Crippen LogP contribution in [0.3, 0.4) is 0 Å². The Morgan fingerprint density at radius 2 is 1.94 bits per heavy atom. The van der Waals surface area contributed by atoms with Crippen LogP contribution >= 0.6 is 0 Å². The zero-order chi connectivity index (χ0) is 25.0. The van der Waals surface area contributed by atoms with Crippen molar-refractivity contribution in [2.75, 3.05) is 49.6 Å². The van der Waals surface area contributed by atoms with Crippen LogP contribution in [0.25, 0.3) is 0 Å². The molecule has 1 aromatic carbocycles. The van der Waals surface area contributed by atoms with Crippen LogP contribution in [0.4, 0.5) is 24.5 Å². The molecule has 0 saturated carbocycles. The van der Waals surface area contributed by atoms with Gasteiger partial charge < -0.3 is 20.7 Å². The quantitative estimate of drug-likeness (QED) is 0.606. The number of halogens is 3. The second-order valence-corrected chi connectivity index (χ2v) is 9.95. The number of ether oxygens (including phenoxy) is 1. The molecule has 2 amide bonds. The molecule has 1 fully saturated rings. The first-order chi connectivity index (χ1) is 15.2. The summed E-state index contributed by atoms with van der Waals surface area (Å²) >= 11 is 0. The topological polar surface area (TPSA) is 87.9 Å². The van der Waals surface area contributed by atoms with Gasteiger partial charge in [-0.1, -0.05) is 34.6 Å². The Balaban J connectivity index is 2.32. The minimum atomic E-state index is -4.71. The first-order valence-electron chi connectivity index (χ1n) is 11.1. The summed E-state index contributed by atoms with van der Waals surface area (Å²) in [5, 5.41) is 2.60. The van der Waals surface area contributed by atoms with Crippen LogP contribution in [0.2, 0.25) is 0 Å². The number of morpholine rings is 1. The number of nitrogens with one attached hydrogen (secondary N) is 1. The molecule has 0 aromatic heterocycles. The van der Waals surface area contributed by atoms with E-state index >= 15 is 0 Å². The van der Waals surface area contributed by atoms with Crippen molar-refractivity contribution < 1.29 is 27.5 Å². The van der Waals surface area contributed by atoms with Crippen LogP contribution in [-0.2, 0) is 20.5 Å². The Bertz CT molecular complexity index is 837. The predicted molar refractivity (Wildman–Crippen MR) is 122 cm³/mol. The van der Waals surface area contributed by atoms with Crippen LogP contribution in [0, 0.1) is 11.3 Å². The summed E-state index contributed by atoms with van der Waals surface area (Å²) < 4.78 is 46.5. The van der Waals surface area contributed by atoms with Crippen LogP contribution in [0.15, 0.2) is 18.2 Å². The standard InChI is InChI=1S/C23H35F3N4O3/c1-15(2)12-29(14-22(3,4)5)19(11-27)21(32)28-16-6-7-18(17(10-16)23(24,25)26)30-8-9-33-13-20(30)31/h6-7,10,15,19H,8-9,11-14,27H2,1-5H3,(H,28,32)/t19-/m0/s1. The minimum Gasteiger partial charge on any atom is -0.370 e. The Kier molecular flexibility index (Phi) is 8.89. The molecule has 10 heteroatoms. The molecule has 186 valence electrons. The van der Waals surface area contributed by atoms with Gasteiger partial charge in [0.2, 0.25) is 5.91 Å². The van der Waals surface area contributed by atoms with Gasteiger partial charge in [0.1, 0.15) is 12.6 Å². The number of nitrogens with zero attached hydrogens (tertiary/aromatic N) is 2. The molecule has 7 nitrogen and oxygen atoms in total. The number of carbonyl (C=O) groups is 2. The third-order valence-corrected chi connectivity index (χ3v) is 5.09. The second-order valence-electron chi connectivity index (χ2n) is 9.95. The lowest BCUT2D eigenvalue weighted by Gasteiger charge is -2.36. The van der Waals surface area contributed by atoms with Gasteiger partial charge in [-0.15, -0.1) is 0 Å². The van der Waals surface area contributed by atoms with Crippen molar-refractivity contribution >= 4 is 23.2 Å². The molecule has 3 N–H and O–H groups in total. The number of nitrogens with two attached hydrogens (primary N) is 1. The van der Waals surface area contributed by atoms with Gasteiger partial charge in [-0.25, -0.2) is 0 Å². The fourth-order valence-electron chi connectivity index (χ4n) is 3.88. The fraction of sp³-hybridized carbons (Fsp3) is 0.652. The first kappa shape index (κ1) is 27.1. The summed E-state index contributed by atoms with van der Waals surface area (Å²) in [6.45, 7) is 11.4. The van der Waals surface area contributed by atoms with E-state index in [4.69, 9.17) is 10.5 Å². The Labute approximate surface area is 193 Å². The van der Waals surface area contributed by atoms with E-state index in [1.54, 1.807) is 0 Å². The van der Waals surface area contributed by atoms with Gasteiger partial charge in [-0.05, 0) is 29.5 Å². The molecule has 1 aromatic rings. The average molecular weight is 473 g/mol. The average Bonchev–Trinajstić information content (AvgIpc) is 2.66. The van der Waals surface area contributed by atoms with Gasteiger partial charge in [0, 0.05) is 31.9 Å². The maximum atomic E-state index is 13.8. The van der Waals surface area contributed by atoms with Crippen molar-refractivity contribution in [1.29, 1.82) is 0 Å². The number of benzene rings is 1. The van der Waals surface area contributed by atoms with Crippen LogP contribution in [0.1, 0.15) is 40.2 Å². The Morgan fingerprint density at radius 3 is 2.45 bits per heavy atom. The van der Waals surface area contributed by atoms with Gasteiger partial charge in [0.05, 0.1) is 17.9 Å². The lowest BCUT2D eigenvalue weighted by Crippen LogP contribution is -2.52. The molecule has 33 heavy (non-hydrogen) atoms. The lowest BCUT2D eigenvalue weighted by molar-refractivity contribution is -0.137. The van der Waals surface area contributed by atoms with Gasteiger partial charge in [-0.2, -0.15) is 13.2 Å². The molecular weight excluding hydrogens is 437 g/mol. The summed E-state index contributed by atoms with van der Waals surface area (Å²) in [4.78, 5) is 28.2. The van der Waals surface area contributed by atoms with Crippen molar-refractivity contribution in [3.8, 4) is 0 Å². The van der Waals surface area contributed by atoms with Crippen LogP contribution in [0.5, 0.6) is 0 Å². The number of hydrogen-bond acceptors (Lipinski definition) is 5. The third-order valence-electron chi connectivity index (χ3n) is 5.09. The highest BCUT2D eigenvalue weighted by molar-refractivity contribution is 5.98. The number of amides is 2. The Morgan fingerprint density at radius 1 is 1.27 bits per heavy atom. The van der Waals surface area contributed by atoms with E-state index < -0.39 is 29.6 Å². The lowest BCUT2D eigenvalue weighted by atomic mass is 9.94. The molecule has 1 atom stereocenters. The van der Waals surface area contributed by atoms with E-state index in [0.717, 1.165) is 11.0 Å². The molecule has 0 bridgehead atoms. The highest BCUT2D eigenvalue weighted by Gasteiger charge is 2.37.